The summed E-state index contributed by atoms with van der Waals surface area (Å²) in [6.45, 7) is 6.02. The fourth-order valence-corrected chi connectivity index (χ4v) is 5.05. The number of ether oxygens (including phenoxy) is 1. The van der Waals surface area contributed by atoms with Gasteiger partial charge in [0.15, 0.2) is 0 Å². The highest BCUT2D eigenvalue weighted by atomic mass is 16.5. The van der Waals surface area contributed by atoms with E-state index in [4.69, 9.17) is 9.94 Å². The molecular formula is C27H28N6O3. The van der Waals surface area contributed by atoms with E-state index in [2.05, 4.69) is 67.2 Å². The lowest BCUT2D eigenvalue weighted by Gasteiger charge is -2.27. The van der Waals surface area contributed by atoms with Crippen LogP contribution in [0.25, 0.3) is 22.0 Å². The molecule has 6 rings (SSSR count). The Bertz CT molecular complexity index is 1380. The Hall–Kier alpha value is -3.79. The molecular weight excluding hydrogens is 456 g/mol. The number of benzene rings is 2. The van der Waals surface area contributed by atoms with Gasteiger partial charge >= 0.3 is 0 Å². The molecule has 1 amide bonds. The Morgan fingerprint density at radius 2 is 1.78 bits per heavy atom. The zero-order valence-electron chi connectivity index (χ0n) is 19.9. The van der Waals surface area contributed by atoms with Gasteiger partial charge in [-0.1, -0.05) is 30.3 Å². The fraction of sp³-hybridized carbons (Fsp3) is 0.296. The van der Waals surface area contributed by atoms with Crippen LogP contribution in [-0.4, -0.2) is 63.8 Å². The normalized spacial score (nSPS) is 16.2. The SMILES string of the molecule is O=C(NO)c1cnc(N2CCc3[nH]c4ccc(-c5ccc(CN6CCOCC6)cc5)cc4c3C2)nc1. The van der Waals surface area contributed by atoms with Crippen LogP contribution in [0.1, 0.15) is 27.2 Å². The van der Waals surface area contributed by atoms with E-state index in [0.29, 0.717) is 12.5 Å². The number of fused-ring (bicyclic) bond motifs is 3. The minimum atomic E-state index is -0.624. The fourth-order valence-electron chi connectivity index (χ4n) is 5.05. The Morgan fingerprint density at radius 3 is 2.53 bits per heavy atom. The maximum absolute atomic E-state index is 11.6. The van der Waals surface area contributed by atoms with Crippen LogP contribution >= 0.6 is 0 Å². The largest absolute Gasteiger partial charge is 0.379 e. The standard InChI is InChI=1S/C27H28N6O3/c34-26(31-35)21-14-28-27(29-15-21)33-8-7-25-23(17-33)22-13-20(5-6-24(22)30-25)19-3-1-18(2-4-19)16-32-9-11-36-12-10-32/h1-6,13-15,30,35H,7-12,16-17H2,(H,31,34). The van der Waals surface area contributed by atoms with Gasteiger partial charge in [-0.25, -0.2) is 15.4 Å². The molecule has 3 N–H and O–H groups in total. The van der Waals surface area contributed by atoms with Crippen molar-refractivity contribution in [3.63, 3.8) is 0 Å². The van der Waals surface area contributed by atoms with Crippen molar-refractivity contribution in [3.05, 3.63) is 77.2 Å². The summed E-state index contributed by atoms with van der Waals surface area (Å²) >= 11 is 0. The summed E-state index contributed by atoms with van der Waals surface area (Å²) < 4.78 is 5.45. The summed E-state index contributed by atoms with van der Waals surface area (Å²) in [6.07, 6.45) is 3.72. The van der Waals surface area contributed by atoms with Crippen molar-refractivity contribution in [2.45, 2.75) is 19.5 Å². The number of morpholine rings is 1. The molecule has 0 unspecified atom stereocenters. The van der Waals surface area contributed by atoms with E-state index in [1.54, 1.807) is 5.48 Å². The maximum atomic E-state index is 11.6. The van der Waals surface area contributed by atoms with Crippen LogP contribution in [0.5, 0.6) is 0 Å². The van der Waals surface area contributed by atoms with Crippen molar-refractivity contribution in [1.29, 1.82) is 0 Å². The van der Waals surface area contributed by atoms with Gasteiger partial charge in [-0.2, -0.15) is 0 Å². The first kappa shape index (κ1) is 22.7. The number of hydrogen-bond donors (Lipinski definition) is 3. The third kappa shape index (κ3) is 4.44. The highest BCUT2D eigenvalue weighted by Crippen LogP contribution is 2.32. The van der Waals surface area contributed by atoms with Gasteiger partial charge < -0.3 is 14.6 Å². The first-order valence-electron chi connectivity index (χ1n) is 12.2. The van der Waals surface area contributed by atoms with Crippen molar-refractivity contribution in [2.24, 2.45) is 0 Å². The number of nitrogens with one attached hydrogen (secondary N) is 2. The molecule has 0 saturated carbocycles. The summed E-state index contributed by atoms with van der Waals surface area (Å²) in [4.78, 5) is 28.4. The molecule has 2 aromatic heterocycles. The van der Waals surface area contributed by atoms with E-state index >= 15 is 0 Å². The Kier molecular flexibility index (Phi) is 6.10. The monoisotopic (exact) mass is 484 g/mol. The molecule has 36 heavy (non-hydrogen) atoms. The van der Waals surface area contributed by atoms with E-state index in [1.165, 1.54) is 45.7 Å². The first-order valence-corrected chi connectivity index (χ1v) is 12.2. The Balaban J connectivity index is 1.23. The van der Waals surface area contributed by atoms with E-state index in [9.17, 15) is 4.79 Å². The summed E-state index contributed by atoms with van der Waals surface area (Å²) in [5.41, 5.74) is 9.16. The maximum Gasteiger partial charge on any atom is 0.277 e. The second-order valence-corrected chi connectivity index (χ2v) is 9.31. The van der Waals surface area contributed by atoms with Crippen LogP contribution in [0.3, 0.4) is 0 Å². The minimum Gasteiger partial charge on any atom is -0.379 e. The molecule has 1 fully saturated rings. The van der Waals surface area contributed by atoms with E-state index < -0.39 is 5.91 Å². The van der Waals surface area contributed by atoms with Crippen molar-refractivity contribution in [3.8, 4) is 11.1 Å². The second-order valence-electron chi connectivity index (χ2n) is 9.31. The van der Waals surface area contributed by atoms with Crippen LogP contribution in [0.15, 0.2) is 54.9 Å². The van der Waals surface area contributed by atoms with E-state index in [0.717, 1.165) is 51.3 Å². The van der Waals surface area contributed by atoms with Gasteiger partial charge in [0.1, 0.15) is 0 Å². The lowest BCUT2D eigenvalue weighted by molar-refractivity contribution is 0.0342. The molecule has 9 heteroatoms. The molecule has 0 atom stereocenters. The van der Waals surface area contributed by atoms with Gasteiger partial charge in [-0.05, 0) is 28.8 Å². The van der Waals surface area contributed by atoms with Crippen LogP contribution < -0.4 is 10.4 Å². The van der Waals surface area contributed by atoms with Gasteiger partial charge in [0, 0.05) is 73.7 Å². The number of hydrogen-bond acceptors (Lipinski definition) is 7. The van der Waals surface area contributed by atoms with Crippen LogP contribution in [0.2, 0.25) is 0 Å². The van der Waals surface area contributed by atoms with Crippen LogP contribution in [-0.2, 0) is 24.2 Å². The summed E-state index contributed by atoms with van der Waals surface area (Å²) in [7, 11) is 0. The number of rotatable bonds is 5. The molecule has 2 aromatic carbocycles. The van der Waals surface area contributed by atoms with Gasteiger partial charge in [-0.15, -0.1) is 0 Å². The summed E-state index contributed by atoms with van der Waals surface area (Å²) in [5, 5.41) is 10.0. The minimum absolute atomic E-state index is 0.214. The molecule has 0 spiro atoms. The van der Waals surface area contributed by atoms with Crippen LogP contribution in [0.4, 0.5) is 5.95 Å². The third-order valence-corrected chi connectivity index (χ3v) is 7.06. The molecule has 1 saturated heterocycles. The van der Waals surface area contributed by atoms with Crippen molar-refractivity contribution in [2.75, 3.05) is 37.7 Å². The smallest absolute Gasteiger partial charge is 0.277 e. The van der Waals surface area contributed by atoms with E-state index in [1.807, 2.05) is 0 Å². The zero-order chi connectivity index (χ0) is 24.5. The second kappa shape index (κ2) is 9.69. The van der Waals surface area contributed by atoms with Gasteiger partial charge in [0.2, 0.25) is 5.95 Å². The van der Waals surface area contributed by atoms with Gasteiger partial charge in [-0.3, -0.25) is 14.9 Å². The highest BCUT2D eigenvalue weighted by molar-refractivity contribution is 5.93. The molecule has 2 aliphatic rings. The number of amides is 1. The number of hydroxylamine groups is 1. The molecule has 9 nitrogen and oxygen atoms in total. The molecule has 2 aliphatic heterocycles. The quantitative estimate of drug-likeness (QED) is 0.295. The number of carbonyl (C=O) groups excluding carboxylic acids is 1. The van der Waals surface area contributed by atoms with Crippen LogP contribution in [0, 0.1) is 0 Å². The first-order chi connectivity index (χ1) is 17.7. The zero-order valence-corrected chi connectivity index (χ0v) is 19.9. The molecule has 0 aliphatic carbocycles. The van der Waals surface area contributed by atoms with Crippen molar-refractivity contribution in [1.82, 2.24) is 25.3 Å². The molecule has 184 valence electrons. The average molecular weight is 485 g/mol. The van der Waals surface area contributed by atoms with Crippen molar-refractivity contribution >= 4 is 22.8 Å². The number of H-pyrrole nitrogens is 1. The number of carbonyl (C=O) groups is 1. The lowest BCUT2D eigenvalue weighted by atomic mass is 9.99. The summed E-state index contributed by atoms with van der Waals surface area (Å²) in [6, 6.07) is 15.5. The number of nitrogens with zero attached hydrogens (tertiary/aromatic N) is 4. The molecule has 0 radical (unpaired) electrons. The number of aromatic amines is 1. The van der Waals surface area contributed by atoms with E-state index in [-0.39, 0.29) is 5.56 Å². The number of anilines is 1. The molecule has 4 aromatic rings. The average Bonchev–Trinajstić information content (AvgIpc) is 3.31. The molecule has 4 heterocycles. The van der Waals surface area contributed by atoms with Gasteiger partial charge in [0.25, 0.3) is 5.91 Å². The highest BCUT2D eigenvalue weighted by Gasteiger charge is 2.23. The lowest BCUT2D eigenvalue weighted by Crippen LogP contribution is -2.35. The predicted molar refractivity (Wildman–Crippen MR) is 136 cm³/mol. The number of aromatic nitrogens is 3. The van der Waals surface area contributed by atoms with Crippen molar-refractivity contribution < 1.29 is 14.7 Å². The third-order valence-electron chi connectivity index (χ3n) is 7.06. The summed E-state index contributed by atoms with van der Waals surface area (Å²) in [5.74, 6) is -0.0581. The van der Waals surface area contributed by atoms with Gasteiger partial charge in [0.05, 0.1) is 18.8 Å². The molecule has 0 bridgehead atoms. The Labute approximate surface area is 208 Å². The topological polar surface area (TPSA) is 107 Å². The Morgan fingerprint density at radius 1 is 1.03 bits per heavy atom. The predicted octanol–water partition coefficient (Wildman–Crippen LogP) is 3.14.